The van der Waals surface area contributed by atoms with Crippen LogP contribution in [0, 0.1) is 11.3 Å². The molecular weight excluding hydrogens is 276 g/mol. The Morgan fingerprint density at radius 3 is 2.59 bits per heavy atom. The summed E-state index contributed by atoms with van der Waals surface area (Å²) >= 11 is 0. The van der Waals surface area contributed by atoms with Gasteiger partial charge in [0.1, 0.15) is 0 Å². The fourth-order valence-electron chi connectivity index (χ4n) is 2.93. The largest absolute Gasteiger partial charge is 0.396 e. The number of hydrogen-bond donors (Lipinski definition) is 3. The summed E-state index contributed by atoms with van der Waals surface area (Å²) in [5.41, 5.74) is 0.0901. The fraction of sp³-hybridized carbons (Fsp3) is 0.941. The second-order valence-electron chi connectivity index (χ2n) is 7.16. The molecule has 22 heavy (non-hydrogen) atoms. The molecule has 1 aliphatic heterocycles. The van der Waals surface area contributed by atoms with Gasteiger partial charge >= 0.3 is 0 Å². The van der Waals surface area contributed by atoms with E-state index in [2.05, 4.69) is 34.4 Å². The molecule has 128 valence electrons. The third-order valence-electron chi connectivity index (χ3n) is 5.03. The summed E-state index contributed by atoms with van der Waals surface area (Å²) in [5.74, 6) is 1.80. The molecule has 1 heterocycles. The first-order valence-corrected chi connectivity index (χ1v) is 9.03. The van der Waals surface area contributed by atoms with Crippen molar-refractivity contribution in [2.75, 3.05) is 45.9 Å². The summed E-state index contributed by atoms with van der Waals surface area (Å²) in [5, 5.41) is 16.1. The van der Waals surface area contributed by atoms with Gasteiger partial charge < -0.3 is 20.6 Å². The molecule has 1 saturated heterocycles. The van der Waals surface area contributed by atoms with Crippen LogP contribution in [0.25, 0.3) is 0 Å². The minimum atomic E-state index is 0.0901. The van der Waals surface area contributed by atoms with Gasteiger partial charge in [0.2, 0.25) is 0 Å². The zero-order valence-electron chi connectivity index (χ0n) is 14.4. The van der Waals surface area contributed by atoms with Crippen molar-refractivity contribution in [1.29, 1.82) is 0 Å². The van der Waals surface area contributed by atoms with E-state index in [1.807, 2.05) is 0 Å². The number of nitrogens with zero attached hydrogens (tertiary/aromatic N) is 2. The lowest BCUT2D eigenvalue weighted by atomic mass is 9.99. The van der Waals surface area contributed by atoms with Gasteiger partial charge in [0.15, 0.2) is 5.96 Å². The lowest BCUT2D eigenvalue weighted by Crippen LogP contribution is -2.40. The maximum Gasteiger partial charge on any atom is 0.191 e. The topological polar surface area (TPSA) is 59.9 Å². The standard InChI is InChI=1S/C17H34N4O/c1-3-18-16(20-13-17(14-22)7-8-17)19-9-4-10-21-11-5-15(2)6-12-21/h15,22H,3-14H2,1-2H3,(H2,18,19,20). The Balaban J connectivity index is 1.62. The molecule has 0 bridgehead atoms. The number of piperidine rings is 1. The van der Waals surface area contributed by atoms with Crippen LogP contribution in [0.3, 0.4) is 0 Å². The smallest absolute Gasteiger partial charge is 0.191 e. The molecule has 0 aromatic carbocycles. The molecule has 1 saturated carbocycles. The highest BCUT2D eigenvalue weighted by atomic mass is 16.3. The van der Waals surface area contributed by atoms with Gasteiger partial charge in [-0.1, -0.05) is 6.92 Å². The van der Waals surface area contributed by atoms with Crippen LogP contribution in [0.5, 0.6) is 0 Å². The third kappa shape index (κ3) is 5.76. The summed E-state index contributed by atoms with van der Waals surface area (Å²) in [6.45, 7) is 11.0. The van der Waals surface area contributed by atoms with Crippen LogP contribution in [-0.4, -0.2) is 61.8 Å². The second-order valence-corrected chi connectivity index (χ2v) is 7.16. The predicted octanol–water partition coefficient (Wildman–Crippen LogP) is 1.44. The van der Waals surface area contributed by atoms with Crippen molar-refractivity contribution in [3.8, 4) is 0 Å². The number of likely N-dealkylation sites (tertiary alicyclic amines) is 1. The van der Waals surface area contributed by atoms with E-state index in [1.54, 1.807) is 0 Å². The van der Waals surface area contributed by atoms with E-state index in [9.17, 15) is 5.11 Å². The number of aliphatic imine (C=N–C) groups is 1. The quantitative estimate of drug-likeness (QED) is 0.361. The first-order valence-electron chi connectivity index (χ1n) is 9.03. The Hall–Kier alpha value is -0.810. The van der Waals surface area contributed by atoms with Crippen LogP contribution < -0.4 is 10.6 Å². The first-order chi connectivity index (χ1) is 10.7. The van der Waals surface area contributed by atoms with Gasteiger partial charge in [0.25, 0.3) is 0 Å². The molecule has 0 aromatic rings. The van der Waals surface area contributed by atoms with Crippen molar-refractivity contribution in [1.82, 2.24) is 15.5 Å². The molecule has 5 heteroatoms. The van der Waals surface area contributed by atoms with E-state index in [0.717, 1.165) is 50.8 Å². The fourth-order valence-corrected chi connectivity index (χ4v) is 2.93. The summed E-state index contributed by atoms with van der Waals surface area (Å²) in [6.07, 6.45) is 6.07. The second kappa shape index (κ2) is 8.73. The molecule has 0 spiro atoms. The zero-order chi connectivity index (χ0) is 15.8. The van der Waals surface area contributed by atoms with Crippen molar-refractivity contribution in [2.24, 2.45) is 16.3 Å². The van der Waals surface area contributed by atoms with Gasteiger partial charge in [-0.3, -0.25) is 4.99 Å². The summed E-state index contributed by atoms with van der Waals surface area (Å²) in [6, 6.07) is 0. The van der Waals surface area contributed by atoms with Crippen LogP contribution in [0.2, 0.25) is 0 Å². The van der Waals surface area contributed by atoms with Crippen LogP contribution in [0.1, 0.15) is 46.0 Å². The molecule has 5 nitrogen and oxygen atoms in total. The summed E-state index contributed by atoms with van der Waals surface area (Å²) in [4.78, 5) is 7.21. The average Bonchev–Trinajstić information content (AvgIpc) is 3.31. The third-order valence-corrected chi connectivity index (χ3v) is 5.03. The number of guanidine groups is 1. The predicted molar refractivity (Wildman–Crippen MR) is 92.2 cm³/mol. The molecule has 0 aromatic heterocycles. The Morgan fingerprint density at radius 1 is 1.27 bits per heavy atom. The summed E-state index contributed by atoms with van der Waals surface area (Å²) in [7, 11) is 0. The monoisotopic (exact) mass is 310 g/mol. The number of aliphatic hydroxyl groups excluding tert-OH is 1. The van der Waals surface area contributed by atoms with Gasteiger partial charge in [-0.25, -0.2) is 0 Å². The maximum atomic E-state index is 9.36. The van der Waals surface area contributed by atoms with Gasteiger partial charge in [-0.15, -0.1) is 0 Å². The van der Waals surface area contributed by atoms with E-state index in [1.165, 1.54) is 32.5 Å². The minimum Gasteiger partial charge on any atom is -0.396 e. The van der Waals surface area contributed by atoms with E-state index in [0.29, 0.717) is 0 Å². The SMILES string of the molecule is CCNC(=NCC1(CO)CC1)NCCCN1CCC(C)CC1. The minimum absolute atomic E-state index is 0.0901. The van der Waals surface area contributed by atoms with Crippen molar-refractivity contribution >= 4 is 5.96 Å². The highest BCUT2D eigenvalue weighted by molar-refractivity contribution is 5.79. The number of nitrogens with one attached hydrogen (secondary N) is 2. The molecule has 0 unspecified atom stereocenters. The van der Waals surface area contributed by atoms with Crippen molar-refractivity contribution in [2.45, 2.75) is 46.0 Å². The van der Waals surface area contributed by atoms with Crippen LogP contribution in [0.15, 0.2) is 4.99 Å². The Labute approximate surface area is 135 Å². The Kier molecular flexibility index (Phi) is 6.96. The number of aliphatic hydroxyl groups is 1. The lowest BCUT2D eigenvalue weighted by molar-refractivity contribution is 0.191. The van der Waals surface area contributed by atoms with Gasteiger partial charge in [0, 0.05) is 18.5 Å². The lowest BCUT2D eigenvalue weighted by Gasteiger charge is -2.30. The van der Waals surface area contributed by atoms with Crippen LogP contribution in [0.4, 0.5) is 0 Å². The van der Waals surface area contributed by atoms with Crippen molar-refractivity contribution in [3.05, 3.63) is 0 Å². The van der Waals surface area contributed by atoms with Crippen molar-refractivity contribution in [3.63, 3.8) is 0 Å². The molecular formula is C17H34N4O. The molecule has 2 fully saturated rings. The van der Waals surface area contributed by atoms with Gasteiger partial charge in [-0.2, -0.15) is 0 Å². The number of hydrogen-bond acceptors (Lipinski definition) is 3. The molecule has 0 amide bonds. The summed E-state index contributed by atoms with van der Waals surface area (Å²) < 4.78 is 0. The highest BCUT2D eigenvalue weighted by Gasteiger charge is 2.41. The highest BCUT2D eigenvalue weighted by Crippen LogP contribution is 2.45. The van der Waals surface area contributed by atoms with Crippen molar-refractivity contribution < 1.29 is 5.11 Å². The Bertz CT molecular complexity index is 347. The van der Waals surface area contributed by atoms with Gasteiger partial charge in [0.05, 0.1) is 13.2 Å². The molecule has 0 radical (unpaired) electrons. The van der Waals surface area contributed by atoms with Gasteiger partial charge in [-0.05, 0) is 64.6 Å². The van der Waals surface area contributed by atoms with E-state index in [4.69, 9.17) is 0 Å². The molecule has 2 rings (SSSR count). The van der Waals surface area contributed by atoms with E-state index >= 15 is 0 Å². The molecule has 3 N–H and O–H groups in total. The Morgan fingerprint density at radius 2 is 2.00 bits per heavy atom. The van der Waals surface area contributed by atoms with Crippen LogP contribution in [-0.2, 0) is 0 Å². The average molecular weight is 310 g/mol. The molecule has 2 aliphatic rings. The van der Waals surface area contributed by atoms with E-state index in [-0.39, 0.29) is 12.0 Å². The molecule has 1 aliphatic carbocycles. The van der Waals surface area contributed by atoms with Crippen LogP contribution >= 0.6 is 0 Å². The molecule has 0 atom stereocenters. The maximum absolute atomic E-state index is 9.36. The first kappa shape index (κ1) is 17.5. The van der Waals surface area contributed by atoms with E-state index < -0.39 is 0 Å². The zero-order valence-corrected chi connectivity index (χ0v) is 14.4. The normalized spacial score (nSPS) is 22.6. The number of rotatable bonds is 8.